The number of pyridine rings is 1. The molecular formula is C20H24N6OS. The highest BCUT2D eigenvalue weighted by molar-refractivity contribution is 7.11. The van der Waals surface area contributed by atoms with E-state index >= 15 is 0 Å². The van der Waals surface area contributed by atoms with E-state index in [1.807, 2.05) is 25.3 Å². The van der Waals surface area contributed by atoms with E-state index in [4.69, 9.17) is 0 Å². The van der Waals surface area contributed by atoms with E-state index < -0.39 is 0 Å². The zero-order chi connectivity index (χ0) is 19.3. The number of aryl methyl sites for hydroxylation is 1. The van der Waals surface area contributed by atoms with Crippen LogP contribution in [0.2, 0.25) is 0 Å². The Labute approximate surface area is 168 Å². The molecule has 3 aromatic heterocycles. The number of hydrogen-bond donors (Lipinski definition) is 0. The highest BCUT2D eigenvalue weighted by atomic mass is 32.1. The van der Waals surface area contributed by atoms with Gasteiger partial charge >= 0.3 is 0 Å². The molecule has 0 amide bonds. The highest BCUT2D eigenvalue weighted by Gasteiger charge is 2.17. The van der Waals surface area contributed by atoms with Crippen LogP contribution in [0.15, 0.2) is 47.7 Å². The van der Waals surface area contributed by atoms with Crippen LogP contribution in [0.1, 0.15) is 9.88 Å². The summed E-state index contributed by atoms with van der Waals surface area (Å²) in [5, 5.41) is 5.65. The van der Waals surface area contributed by atoms with Crippen LogP contribution in [-0.2, 0) is 13.1 Å². The summed E-state index contributed by atoms with van der Waals surface area (Å²) in [6, 6.07) is 7.17. The Hall–Kier alpha value is -2.42. The van der Waals surface area contributed by atoms with E-state index in [1.165, 1.54) is 4.88 Å². The normalized spacial score (nSPS) is 15.8. The quantitative estimate of drug-likeness (QED) is 0.634. The van der Waals surface area contributed by atoms with Crippen molar-refractivity contribution in [1.82, 2.24) is 29.5 Å². The Balaban J connectivity index is 1.31. The fourth-order valence-electron chi connectivity index (χ4n) is 3.38. The number of rotatable bonds is 6. The van der Waals surface area contributed by atoms with Gasteiger partial charge in [0.15, 0.2) is 0 Å². The van der Waals surface area contributed by atoms with Gasteiger partial charge in [0.1, 0.15) is 0 Å². The molecule has 0 aliphatic carbocycles. The Morgan fingerprint density at radius 2 is 1.86 bits per heavy atom. The van der Waals surface area contributed by atoms with Gasteiger partial charge in [0.25, 0.3) is 5.56 Å². The molecule has 1 fully saturated rings. The predicted octanol–water partition coefficient (Wildman–Crippen LogP) is 1.89. The number of aromatic nitrogens is 4. The second-order valence-corrected chi connectivity index (χ2v) is 8.30. The van der Waals surface area contributed by atoms with E-state index in [9.17, 15) is 4.79 Å². The van der Waals surface area contributed by atoms with Crippen molar-refractivity contribution in [3.05, 3.63) is 63.1 Å². The number of thiazole rings is 1. The van der Waals surface area contributed by atoms with Crippen LogP contribution in [0.25, 0.3) is 11.3 Å². The van der Waals surface area contributed by atoms with Crippen LogP contribution < -0.4 is 5.56 Å². The van der Waals surface area contributed by atoms with Crippen molar-refractivity contribution >= 4 is 11.3 Å². The van der Waals surface area contributed by atoms with Gasteiger partial charge in [0, 0.05) is 74.4 Å². The highest BCUT2D eigenvalue weighted by Crippen LogP contribution is 2.15. The molecule has 1 aliphatic rings. The first-order valence-electron chi connectivity index (χ1n) is 9.52. The van der Waals surface area contributed by atoms with Gasteiger partial charge < -0.3 is 0 Å². The smallest absolute Gasteiger partial charge is 0.266 e. The lowest BCUT2D eigenvalue weighted by molar-refractivity contribution is 0.123. The fourth-order valence-corrected chi connectivity index (χ4v) is 4.22. The summed E-state index contributed by atoms with van der Waals surface area (Å²) < 4.78 is 1.56. The topological polar surface area (TPSA) is 67.2 Å². The third-order valence-corrected chi connectivity index (χ3v) is 5.86. The van der Waals surface area contributed by atoms with Crippen molar-refractivity contribution in [2.75, 3.05) is 32.7 Å². The summed E-state index contributed by atoms with van der Waals surface area (Å²) in [5.41, 5.74) is 1.63. The SMILES string of the molecule is Cc1ncc(CN2CCN(CCn3nc(-c4cccnc4)ccc3=O)CC2)s1. The molecule has 4 heterocycles. The minimum Gasteiger partial charge on any atom is -0.299 e. The molecule has 0 atom stereocenters. The molecule has 0 radical (unpaired) electrons. The lowest BCUT2D eigenvalue weighted by Crippen LogP contribution is -2.47. The molecule has 1 saturated heterocycles. The van der Waals surface area contributed by atoms with Gasteiger partial charge in [0.2, 0.25) is 0 Å². The number of nitrogens with zero attached hydrogens (tertiary/aromatic N) is 6. The van der Waals surface area contributed by atoms with Crippen LogP contribution in [-0.4, -0.2) is 62.3 Å². The molecule has 146 valence electrons. The van der Waals surface area contributed by atoms with Gasteiger partial charge in [-0.15, -0.1) is 11.3 Å². The maximum Gasteiger partial charge on any atom is 0.266 e. The van der Waals surface area contributed by atoms with Gasteiger partial charge in [-0.05, 0) is 25.1 Å². The maximum absolute atomic E-state index is 12.2. The average Bonchev–Trinajstić information content (AvgIpc) is 3.14. The molecule has 7 nitrogen and oxygen atoms in total. The number of piperazine rings is 1. The summed E-state index contributed by atoms with van der Waals surface area (Å²) in [6.07, 6.45) is 5.48. The van der Waals surface area contributed by atoms with Crippen LogP contribution in [0.4, 0.5) is 0 Å². The van der Waals surface area contributed by atoms with Crippen LogP contribution in [0, 0.1) is 6.92 Å². The first-order chi connectivity index (χ1) is 13.7. The number of hydrogen-bond acceptors (Lipinski definition) is 7. The van der Waals surface area contributed by atoms with Gasteiger partial charge in [-0.25, -0.2) is 9.67 Å². The minimum absolute atomic E-state index is 0.0631. The van der Waals surface area contributed by atoms with Crippen LogP contribution >= 0.6 is 11.3 Å². The largest absolute Gasteiger partial charge is 0.299 e. The van der Waals surface area contributed by atoms with Crippen molar-refractivity contribution in [3.8, 4) is 11.3 Å². The van der Waals surface area contributed by atoms with Gasteiger partial charge in [0.05, 0.1) is 17.2 Å². The summed E-state index contributed by atoms with van der Waals surface area (Å²) in [5.74, 6) is 0. The third kappa shape index (κ3) is 4.70. The summed E-state index contributed by atoms with van der Waals surface area (Å²) in [4.78, 5) is 26.8. The van der Waals surface area contributed by atoms with Crippen molar-refractivity contribution < 1.29 is 0 Å². The molecule has 0 N–H and O–H groups in total. The van der Waals surface area contributed by atoms with Crippen LogP contribution in [0.5, 0.6) is 0 Å². The predicted molar refractivity (Wildman–Crippen MR) is 110 cm³/mol. The van der Waals surface area contributed by atoms with Crippen molar-refractivity contribution in [2.45, 2.75) is 20.0 Å². The summed E-state index contributed by atoms with van der Waals surface area (Å²) in [6.45, 7) is 8.55. The van der Waals surface area contributed by atoms with E-state index in [2.05, 4.69) is 24.9 Å². The van der Waals surface area contributed by atoms with E-state index in [1.54, 1.807) is 40.5 Å². The standard InChI is InChI=1S/C20H24N6OS/c1-16-22-14-18(28-16)15-25-9-7-24(8-10-25)11-12-26-20(27)5-4-19(23-26)17-3-2-6-21-13-17/h2-6,13-14H,7-12,15H2,1H3. The van der Waals surface area contributed by atoms with Gasteiger partial charge in [-0.1, -0.05) is 0 Å². The van der Waals surface area contributed by atoms with E-state index in [-0.39, 0.29) is 5.56 Å². The van der Waals surface area contributed by atoms with Crippen molar-refractivity contribution in [1.29, 1.82) is 0 Å². The van der Waals surface area contributed by atoms with Crippen LogP contribution in [0.3, 0.4) is 0 Å². The van der Waals surface area contributed by atoms with Crippen molar-refractivity contribution in [3.63, 3.8) is 0 Å². The molecule has 28 heavy (non-hydrogen) atoms. The van der Waals surface area contributed by atoms with E-state index in [0.29, 0.717) is 6.54 Å². The molecule has 0 saturated carbocycles. The monoisotopic (exact) mass is 396 g/mol. The average molecular weight is 397 g/mol. The molecule has 0 spiro atoms. The molecule has 1 aliphatic heterocycles. The fraction of sp³-hybridized carbons (Fsp3) is 0.400. The molecule has 0 aromatic carbocycles. The zero-order valence-corrected chi connectivity index (χ0v) is 16.8. The van der Waals surface area contributed by atoms with Gasteiger partial charge in [-0.2, -0.15) is 5.10 Å². The Morgan fingerprint density at radius 3 is 2.57 bits per heavy atom. The second kappa shape index (κ2) is 8.72. The summed E-state index contributed by atoms with van der Waals surface area (Å²) in [7, 11) is 0. The Kier molecular flexibility index (Phi) is 5.90. The molecule has 3 aromatic rings. The molecule has 0 unspecified atom stereocenters. The second-order valence-electron chi connectivity index (χ2n) is 6.99. The van der Waals surface area contributed by atoms with E-state index in [0.717, 1.165) is 55.5 Å². The molecule has 0 bridgehead atoms. The van der Waals surface area contributed by atoms with Crippen molar-refractivity contribution in [2.24, 2.45) is 0 Å². The lowest BCUT2D eigenvalue weighted by atomic mass is 10.2. The first kappa shape index (κ1) is 18.9. The first-order valence-corrected chi connectivity index (χ1v) is 10.3. The molecular weight excluding hydrogens is 372 g/mol. The Bertz CT molecular complexity index is 962. The minimum atomic E-state index is -0.0631. The Morgan fingerprint density at radius 1 is 1.04 bits per heavy atom. The lowest BCUT2D eigenvalue weighted by Gasteiger charge is -2.34. The molecule has 4 rings (SSSR count). The maximum atomic E-state index is 12.2. The zero-order valence-electron chi connectivity index (χ0n) is 16.0. The third-order valence-electron chi connectivity index (χ3n) is 4.97. The molecule has 8 heteroatoms. The van der Waals surface area contributed by atoms with Gasteiger partial charge in [-0.3, -0.25) is 19.6 Å². The summed E-state index contributed by atoms with van der Waals surface area (Å²) >= 11 is 1.77.